The van der Waals surface area contributed by atoms with Crippen molar-refractivity contribution in [2.45, 2.75) is 12.3 Å². The van der Waals surface area contributed by atoms with E-state index < -0.39 is 5.97 Å². The van der Waals surface area contributed by atoms with Gasteiger partial charge in [0, 0.05) is 5.88 Å². The molecule has 0 aromatic heterocycles. The predicted octanol–water partition coefficient (Wildman–Crippen LogP) is 2.67. The summed E-state index contributed by atoms with van der Waals surface area (Å²) in [5.41, 5.74) is 1.63. The van der Waals surface area contributed by atoms with Crippen molar-refractivity contribution < 1.29 is 9.53 Å². The highest BCUT2D eigenvalue weighted by Gasteiger charge is 2.12. The predicted molar refractivity (Wildman–Crippen MR) is 61.4 cm³/mol. The summed E-state index contributed by atoms with van der Waals surface area (Å²) in [7, 11) is 1.30. The largest absolute Gasteiger partial charge is 0.469 e. The molecule has 1 rings (SSSR count). The Balaban J connectivity index is 3.17. The van der Waals surface area contributed by atoms with E-state index in [-0.39, 0.29) is 17.3 Å². The first-order chi connectivity index (χ1) is 7.62. The molecule has 3 nitrogen and oxygen atoms in total. The smallest absolute Gasteiger partial charge is 0.310 e. The van der Waals surface area contributed by atoms with Gasteiger partial charge in [-0.15, -0.1) is 11.6 Å². The minimum absolute atomic E-state index is 0.0365. The van der Waals surface area contributed by atoms with Crippen LogP contribution in [0.4, 0.5) is 0 Å². The molecule has 0 aliphatic heterocycles. The maximum atomic E-state index is 11.1. The van der Waals surface area contributed by atoms with Gasteiger partial charge in [0.2, 0.25) is 0 Å². The van der Waals surface area contributed by atoms with Gasteiger partial charge in [-0.2, -0.15) is 5.26 Å². The summed E-state index contributed by atoms with van der Waals surface area (Å²) in [6.45, 7) is 0. The van der Waals surface area contributed by atoms with Crippen LogP contribution in [0, 0.1) is 11.3 Å². The monoisotopic (exact) mass is 257 g/mol. The van der Waals surface area contributed by atoms with E-state index in [1.165, 1.54) is 7.11 Å². The van der Waals surface area contributed by atoms with Crippen molar-refractivity contribution in [1.82, 2.24) is 0 Å². The fourth-order valence-corrected chi connectivity index (χ4v) is 1.64. The number of hydrogen-bond acceptors (Lipinski definition) is 3. The first-order valence-corrected chi connectivity index (χ1v) is 5.37. The molecule has 5 heteroatoms. The van der Waals surface area contributed by atoms with Gasteiger partial charge in [0.25, 0.3) is 0 Å². The van der Waals surface area contributed by atoms with Crippen LogP contribution < -0.4 is 0 Å². The summed E-state index contributed by atoms with van der Waals surface area (Å²) in [4.78, 5) is 11.1. The summed E-state index contributed by atoms with van der Waals surface area (Å²) in [6.07, 6.45) is 0.0365. The summed E-state index contributed by atoms with van der Waals surface area (Å²) >= 11 is 11.6. The molecular weight excluding hydrogens is 249 g/mol. The van der Waals surface area contributed by atoms with Gasteiger partial charge >= 0.3 is 5.97 Å². The first-order valence-electron chi connectivity index (χ1n) is 4.46. The molecule has 0 unspecified atom stereocenters. The summed E-state index contributed by atoms with van der Waals surface area (Å²) in [6, 6.07) is 5.27. The fourth-order valence-electron chi connectivity index (χ4n) is 1.27. The Morgan fingerprint density at radius 3 is 2.75 bits per heavy atom. The molecular formula is C11H9Cl2NO2. The molecule has 0 amide bonds. The number of nitriles is 1. The van der Waals surface area contributed by atoms with E-state index in [0.717, 1.165) is 5.56 Å². The van der Waals surface area contributed by atoms with Crippen molar-refractivity contribution in [3.05, 3.63) is 33.8 Å². The van der Waals surface area contributed by atoms with Gasteiger partial charge in [-0.25, -0.2) is 0 Å². The van der Waals surface area contributed by atoms with Crippen LogP contribution in [-0.2, 0) is 21.8 Å². The van der Waals surface area contributed by atoms with Crippen LogP contribution in [0.2, 0.25) is 5.02 Å². The average Bonchev–Trinajstić information content (AvgIpc) is 2.31. The SMILES string of the molecule is COC(=O)Cc1cc(CCl)cc(C#N)c1Cl. The van der Waals surface area contributed by atoms with Crippen LogP contribution in [0.25, 0.3) is 0 Å². The van der Waals surface area contributed by atoms with E-state index in [2.05, 4.69) is 4.74 Å². The molecule has 0 saturated carbocycles. The zero-order valence-corrected chi connectivity index (χ0v) is 10.1. The quantitative estimate of drug-likeness (QED) is 0.618. The second-order valence-corrected chi connectivity index (χ2v) is 3.76. The number of ether oxygens (including phenoxy) is 1. The maximum absolute atomic E-state index is 11.1. The van der Waals surface area contributed by atoms with Gasteiger partial charge in [0.15, 0.2) is 0 Å². The maximum Gasteiger partial charge on any atom is 0.310 e. The van der Waals surface area contributed by atoms with Gasteiger partial charge in [0.1, 0.15) is 6.07 Å². The zero-order valence-electron chi connectivity index (χ0n) is 8.59. The molecule has 0 bridgehead atoms. The van der Waals surface area contributed by atoms with Crippen molar-refractivity contribution in [3.63, 3.8) is 0 Å². The molecule has 0 radical (unpaired) electrons. The zero-order chi connectivity index (χ0) is 12.1. The lowest BCUT2D eigenvalue weighted by molar-refractivity contribution is -0.139. The molecule has 0 heterocycles. The Morgan fingerprint density at radius 1 is 1.56 bits per heavy atom. The van der Waals surface area contributed by atoms with Crippen molar-refractivity contribution in [2.24, 2.45) is 0 Å². The van der Waals surface area contributed by atoms with Crippen molar-refractivity contribution in [1.29, 1.82) is 5.26 Å². The van der Waals surface area contributed by atoms with Crippen molar-refractivity contribution in [2.75, 3.05) is 7.11 Å². The Kier molecular flexibility index (Phi) is 4.60. The molecule has 0 saturated heterocycles. The molecule has 0 atom stereocenters. The van der Waals surface area contributed by atoms with E-state index in [9.17, 15) is 4.79 Å². The van der Waals surface area contributed by atoms with E-state index in [0.29, 0.717) is 11.1 Å². The highest BCUT2D eigenvalue weighted by atomic mass is 35.5. The Labute approximate surface area is 104 Å². The number of methoxy groups -OCH3 is 1. The van der Waals surface area contributed by atoms with Crippen LogP contribution >= 0.6 is 23.2 Å². The van der Waals surface area contributed by atoms with Crippen LogP contribution in [0.15, 0.2) is 12.1 Å². The van der Waals surface area contributed by atoms with E-state index in [1.807, 2.05) is 6.07 Å². The molecule has 84 valence electrons. The van der Waals surface area contributed by atoms with Crippen LogP contribution in [0.5, 0.6) is 0 Å². The molecule has 16 heavy (non-hydrogen) atoms. The average molecular weight is 258 g/mol. The number of hydrogen-bond donors (Lipinski definition) is 0. The number of esters is 1. The summed E-state index contributed by atoms with van der Waals surface area (Å²) in [5, 5.41) is 9.14. The summed E-state index contributed by atoms with van der Waals surface area (Å²) in [5.74, 6) is -0.141. The van der Waals surface area contributed by atoms with Gasteiger partial charge in [-0.3, -0.25) is 4.79 Å². The minimum atomic E-state index is -0.405. The second-order valence-electron chi connectivity index (χ2n) is 3.11. The lowest BCUT2D eigenvalue weighted by atomic mass is 10.0. The van der Waals surface area contributed by atoms with Gasteiger partial charge in [-0.05, 0) is 17.2 Å². The molecule has 0 aliphatic rings. The Hall–Kier alpha value is -1.24. The lowest BCUT2D eigenvalue weighted by Crippen LogP contribution is -2.06. The normalized spacial score (nSPS) is 9.62. The van der Waals surface area contributed by atoms with Crippen molar-refractivity contribution >= 4 is 29.2 Å². The standard InChI is InChI=1S/C11H9Cl2NO2/c1-16-10(15)4-8-2-7(5-12)3-9(6-14)11(8)13/h2-3H,4-5H2,1H3. The number of carbonyl (C=O) groups excluding carboxylic acids is 1. The molecule has 0 aliphatic carbocycles. The second kappa shape index (κ2) is 5.74. The number of alkyl halides is 1. The van der Waals surface area contributed by atoms with E-state index in [1.54, 1.807) is 12.1 Å². The molecule has 0 spiro atoms. The highest BCUT2D eigenvalue weighted by Crippen LogP contribution is 2.24. The van der Waals surface area contributed by atoms with Crippen LogP contribution in [-0.4, -0.2) is 13.1 Å². The Bertz CT molecular complexity index is 452. The van der Waals surface area contributed by atoms with E-state index in [4.69, 9.17) is 28.5 Å². The Morgan fingerprint density at radius 2 is 2.25 bits per heavy atom. The molecule has 0 fully saturated rings. The third kappa shape index (κ3) is 2.88. The highest BCUT2D eigenvalue weighted by molar-refractivity contribution is 6.32. The number of nitrogens with zero attached hydrogens (tertiary/aromatic N) is 1. The summed E-state index contributed by atoms with van der Waals surface area (Å²) < 4.78 is 4.54. The third-order valence-electron chi connectivity index (χ3n) is 2.04. The molecule has 1 aromatic carbocycles. The number of carbonyl (C=O) groups is 1. The fraction of sp³-hybridized carbons (Fsp3) is 0.273. The number of benzene rings is 1. The van der Waals surface area contributed by atoms with Crippen LogP contribution in [0.3, 0.4) is 0 Å². The number of halogens is 2. The number of rotatable bonds is 3. The van der Waals surface area contributed by atoms with Gasteiger partial charge in [0.05, 0.1) is 24.1 Å². The third-order valence-corrected chi connectivity index (χ3v) is 2.80. The topological polar surface area (TPSA) is 50.1 Å². The first kappa shape index (κ1) is 12.8. The minimum Gasteiger partial charge on any atom is -0.469 e. The lowest BCUT2D eigenvalue weighted by Gasteiger charge is -2.07. The molecule has 1 aromatic rings. The van der Waals surface area contributed by atoms with E-state index >= 15 is 0 Å². The van der Waals surface area contributed by atoms with Gasteiger partial charge in [-0.1, -0.05) is 17.7 Å². The van der Waals surface area contributed by atoms with Crippen LogP contribution in [0.1, 0.15) is 16.7 Å². The van der Waals surface area contributed by atoms with Gasteiger partial charge < -0.3 is 4.74 Å². The van der Waals surface area contributed by atoms with Crippen molar-refractivity contribution in [3.8, 4) is 6.07 Å². The molecule has 0 N–H and O–H groups in total.